The topological polar surface area (TPSA) is 17.1 Å². The number of benzene rings is 1. The van der Waals surface area contributed by atoms with Gasteiger partial charge in [-0.2, -0.15) is 0 Å². The van der Waals surface area contributed by atoms with Gasteiger partial charge in [0.05, 0.1) is 0 Å². The molecular formula is C12H13ClO. The van der Waals surface area contributed by atoms with Gasteiger partial charge in [-0.15, -0.1) is 0 Å². The van der Waals surface area contributed by atoms with E-state index in [4.69, 9.17) is 11.6 Å². The molecule has 1 aromatic rings. The van der Waals surface area contributed by atoms with Crippen molar-refractivity contribution in [3.8, 4) is 0 Å². The molecule has 0 heterocycles. The van der Waals surface area contributed by atoms with Crippen LogP contribution in [0.15, 0.2) is 24.3 Å². The fraction of sp³-hybridized carbons (Fsp3) is 0.417. The highest BCUT2D eigenvalue weighted by atomic mass is 35.5. The number of halogens is 1. The number of rotatable bonds is 2. The zero-order chi connectivity index (χ0) is 10.3. The van der Waals surface area contributed by atoms with Crippen LogP contribution in [0.25, 0.3) is 0 Å². The Kier molecular flexibility index (Phi) is 2.15. The molecule has 0 radical (unpaired) electrons. The summed E-state index contributed by atoms with van der Waals surface area (Å²) in [5, 5.41) is 0.748. The van der Waals surface area contributed by atoms with Crippen molar-refractivity contribution in [1.82, 2.24) is 0 Å². The van der Waals surface area contributed by atoms with Crippen LogP contribution in [-0.4, -0.2) is 5.78 Å². The smallest absolute Gasteiger partial charge is 0.133 e. The summed E-state index contributed by atoms with van der Waals surface area (Å²) in [6.07, 6.45) is 0.976. The standard InChI is InChI=1S/C12H13ClO/c1-8(14)11-7-12(11,2)9-3-5-10(13)6-4-9/h3-6,11H,7H2,1-2H3. The van der Waals surface area contributed by atoms with E-state index >= 15 is 0 Å². The molecule has 2 atom stereocenters. The van der Waals surface area contributed by atoms with Crippen LogP contribution < -0.4 is 0 Å². The first kappa shape index (κ1) is 9.72. The van der Waals surface area contributed by atoms with Crippen LogP contribution in [0.2, 0.25) is 5.02 Å². The van der Waals surface area contributed by atoms with Gasteiger partial charge >= 0.3 is 0 Å². The molecule has 0 saturated heterocycles. The van der Waals surface area contributed by atoms with E-state index in [2.05, 4.69) is 6.92 Å². The molecule has 2 rings (SSSR count). The molecule has 1 aromatic carbocycles. The molecule has 0 N–H and O–H groups in total. The summed E-state index contributed by atoms with van der Waals surface area (Å²) in [4.78, 5) is 11.2. The maximum atomic E-state index is 11.2. The zero-order valence-electron chi connectivity index (χ0n) is 8.38. The number of carbonyl (C=O) groups excluding carboxylic acids is 1. The lowest BCUT2D eigenvalue weighted by molar-refractivity contribution is -0.118. The van der Waals surface area contributed by atoms with Crippen LogP contribution in [0.3, 0.4) is 0 Å². The molecular weight excluding hydrogens is 196 g/mol. The normalized spacial score (nSPS) is 30.1. The monoisotopic (exact) mass is 208 g/mol. The first-order chi connectivity index (χ1) is 6.54. The zero-order valence-corrected chi connectivity index (χ0v) is 9.14. The van der Waals surface area contributed by atoms with Crippen molar-refractivity contribution < 1.29 is 4.79 Å². The molecule has 0 aromatic heterocycles. The average molecular weight is 209 g/mol. The lowest BCUT2D eigenvalue weighted by Crippen LogP contribution is -2.08. The van der Waals surface area contributed by atoms with Gasteiger partial charge in [0.15, 0.2) is 0 Å². The van der Waals surface area contributed by atoms with Gasteiger partial charge < -0.3 is 0 Å². The summed E-state index contributed by atoms with van der Waals surface area (Å²) < 4.78 is 0. The molecule has 1 fully saturated rings. The average Bonchev–Trinajstić information content (AvgIpc) is 2.80. The third-order valence-electron chi connectivity index (χ3n) is 3.23. The number of Topliss-reactive ketones (excluding diaryl/α,β-unsaturated/α-hetero) is 1. The fourth-order valence-electron chi connectivity index (χ4n) is 2.11. The lowest BCUT2D eigenvalue weighted by Gasteiger charge is -2.10. The van der Waals surface area contributed by atoms with E-state index in [-0.39, 0.29) is 11.3 Å². The largest absolute Gasteiger partial charge is 0.300 e. The molecule has 0 aliphatic heterocycles. The third kappa shape index (κ3) is 1.46. The fourth-order valence-corrected chi connectivity index (χ4v) is 2.23. The molecule has 2 unspecified atom stereocenters. The molecule has 1 saturated carbocycles. The molecule has 0 spiro atoms. The van der Waals surface area contributed by atoms with Gasteiger partial charge in [0.2, 0.25) is 0 Å². The van der Waals surface area contributed by atoms with Gasteiger partial charge in [-0.3, -0.25) is 4.79 Å². The number of ketones is 1. The van der Waals surface area contributed by atoms with Crippen molar-refractivity contribution in [2.45, 2.75) is 25.7 Å². The van der Waals surface area contributed by atoms with E-state index < -0.39 is 0 Å². The summed E-state index contributed by atoms with van der Waals surface area (Å²) >= 11 is 5.81. The Balaban J connectivity index is 2.25. The Bertz CT molecular complexity index is 368. The first-order valence-corrected chi connectivity index (χ1v) is 5.18. The van der Waals surface area contributed by atoms with Gasteiger partial charge in [0, 0.05) is 16.4 Å². The van der Waals surface area contributed by atoms with E-state index in [0.717, 1.165) is 11.4 Å². The van der Waals surface area contributed by atoms with Gasteiger partial charge in [-0.25, -0.2) is 0 Å². The highest BCUT2D eigenvalue weighted by Crippen LogP contribution is 2.54. The molecule has 1 aliphatic carbocycles. The van der Waals surface area contributed by atoms with Crippen LogP contribution >= 0.6 is 11.6 Å². The van der Waals surface area contributed by atoms with Crippen molar-refractivity contribution in [2.24, 2.45) is 5.92 Å². The Morgan fingerprint density at radius 2 is 2.00 bits per heavy atom. The second-order valence-corrected chi connectivity index (χ2v) is 4.73. The number of hydrogen-bond acceptors (Lipinski definition) is 1. The molecule has 2 heteroatoms. The second kappa shape index (κ2) is 3.09. The Morgan fingerprint density at radius 3 is 2.43 bits per heavy atom. The van der Waals surface area contributed by atoms with Crippen molar-refractivity contribution in [1.29, 1.82) is 0 Å². The summed E-state index contributed by atoms with van der Waals surface area (Å²) in [5.74, 6) is 0.506. The molecule has 1 aliphatic rings. The predicted octanol–water partition coefficient (Wildman–Crippen LogP) is 3.21. The summed E-state index contributed by atoms with van der Waals surface area (Å²) in [7, 11) is 0. The van der Waals surface area contributed by atoms with Crippen molar-refractivity contribution in [3.63, 3.8) is 0 Å². The third-order valence-corrected chi connectivity index (χ3v) is 3.48. The van der Waals surface area contributed by atoms with E-state index in [1.165, 1.54) is 5.56 Å². The Hall–Kier alpha value is -0.820. The van der Waals surface area contributed by atoms with Crippen LogP contribution in [0.1, 0.15) is 25.8 Å². The molecule has 14 heavy (non-hydrogen) atoms. The van der Waals surface area contributed by atoms with Crippen LogP contribution in [0, 0.1) is 5.92 Å². The van der Waals surface area contributed by atoms with Gasteiger partial charge in [-0.05, 0) is 31.0 Å². The van der Waals surface area contributed by atoms with E-state index in [0.29, 0.717) is 5.78 Å². The van der Waals surface area contributed by atoms with Crippen LogP contribution in [0.5, 0.6) is 0 Å². The number of hydrogen-bond donors (Lipinski definition) is 0. The van der Waals surface area contributed by atoms with E-state index in [1.54, 1.807) is 6.92 Å². The highest BCUT2D eigenvalue weighted by molar-refractivity contribution is 6.30. The quantitative estimate of drug-likeness (QED) is 0.730. The molecule has 0 bridgehead atoms. The van der Waals surface area contributed by atoms with Crippen molar-refractivity contribution >= 4 is 17.4 Å². The van der Waals surface area contributed by atoms with Crippen molar-refractivity contribution in [3.05, 3.63) is 34.9 Å². The van der Waals surface area contributed by atoms with E-state index in [1.807, 2.05) is 24.3 Å². The maximum absolute atomic E-state index is 11.2. The molecule has 0 amide bonds. The van der Waals surface area contributed by atoms with Crippen LogP contribution in [-0.2, 0) is 10.2 Å². The Labute approximate surface area is 89.1 Å². The minimum absolute atomic E-state index is 0.0659. The molecule has 1 nitrogen and oxygen atoms in total. The summed E-state index contributed by atoms with van der Waals surface area (Å²) in [5.41, 5.74) is 1.29. The van der Waals surface area contributed by atoms with Gasteiger partial charge in [0.1, 0.15) is 5.78 Å². The van der Waals surface area contributed by atoms with E-state index in [9.17, 15) is 4.79 Å². The minimum Gasteiger partial charge on any atom is -0.300 e. The SMILES string of the molecule is CC(=O)C1CC1(C)c1ccc(Cl)cc1. The highest BCUT2D eigenvalue weighted by Gasteiger charge is 2.53. The van der Waals surface area contributed by atoms with Crippen molar-refractivity contribution in [2.75, 3.05) is 0 Å². The maximum Gasteiger partial charge on any atom is 0.133 e. The van der Waals surface area contributed by atoms with Gasteiger partial charge in [0.25, 0.3) is 0 Å². The summed E-state index contributed by atoms with van der Waals surface area (Å²) in [6, 6.07) is 7.81. The molecule has 74 valence electrons. The second-order valence-electron chi connectivity index (χ2n) is 4.29. The number of carbonyl (C=O) groups is 1. The minimum atomic E-state index is 0.0659. The predicted molar refractivity (Wildman–Crippen MR) is 57.6 cm³/mol. The van der Waals surface area contributed by atoms with Crippen LogP contribution in [0.4, 0.5) is 0 Å². The Morgan fingerprint density at radius 1 is 1.43 bits per heavy atom. The first-order valence-electron chi connectivity index (χ1n) is 4.80. The summed E-state index contributed by atoms with van der Waals surface area (Å²) in [6.45, 7) is 3.81. The van der Waals surface area contributed by atoms with Gasteiger partial charge in [-0.1, -0.05) is 30.7 Å². The lowest BCUT2D eigenvalue weighted by atomic mass is 9.94.